The Morgan fingerprint density at radius 2 is 1.65 bits per heavy atom. The summed E-state index contributed by atoms with van der Waals surface area (Å²) in [6.07, 6.45) is 5.47. The van der Waals surface area contributed by atoms with E-state index in [0.717, 1.165) is 35.6 Å². The van der Waals surface area contributed by atoms with Gasteiger partial charge in [0.2, 0.25) is 0 Å². The molecule has 3 aromatic carbocycles. The molecule has 0 fully saturated rings. The largest absolute Gasteiger partial charge is 0.362 e. The van der Waals surface area contributed by atoms with Crippen LogP contribution in [0.4, 0.5) is 22.7 Å². The zero-order chi connectivity index (χ0) is 21.8. The molecule has 3 nitrogen and oxygen atoms in total. The normalized spacial score (nSPS) is 15.0. The molecule has 1 N–H and O–H groups in total. The summed E-state index contributed by atoms with van der Waals surface area (Å²) in [6, 6.07) is 25.1. The topological polar surface area (TPSA) is 27.6 Å². The summed E-state index contributed by atoms with van der Waals surface area (Å²) in [5.41, 5.74) is 8.19. The Bertz CT molecular complexity index is 1090. The molecule has 0 amide bonds. The quantitative estimate of drug-likeness (QED) is 0.425. The van der Waals surface area contributed by atoms with Crippen molar-refractivity contribution in [2.24, 2.45) is 4.99 Å². The first-order chi connectivity index (χ1) is 15.0. The molecule has 0 saturated carbocycles. The summed E-state index contributed by atoms with van der Waals surface area (Å²) < 4.78 is 0. The smallest absolute Gasteiger partial charge is 0.0631 e. The molecule has 0 aromatic heterocycles. The summed E-state index contributed by atoms with van der Waals surface area (Å²) in [6.45, 7) is 10.1. The van der Waals surface area contributed by atoms with Crippen molar-refractivity contribution < 1.29 is 0 Å². The maximum Gasteiger partial charge on any atom is 0.0631 e. The van der Waals surface area contributed by atoms with Gasteiger partial charge in [-0.3, -0.25) is 4.99 Å². The molecular formula is C28H31N3. The second kappa shape index (κ2) is 8.81. The number of hydrogen-bond acceptors (Lipinski definition) is 3. The monoisotopic (exact) mass is 409 g/mol. The number of nitrogens with zero attached hydrogens (tertiary/aromatic N) is 2. The maximum absolute atomic E-state index is 4.70. The van der Waals surface area contributed by atoms with E-state index in [0.29, 0.717) is 0 Å². The molecule has 3 heteroatoms. The van der Waals surface area contributed by atoms with E-state index in [1.165, 1.54) is 16.8 Å². The van der Waals surface area contributed by atoms with Gasteiger partial charge in [0.1, 0.15) is 0 Å². The van der Waals surface area contributed by atoms with Crippen molar-refractivity contribution in [3.05, 3.63) is 90.0 Å². The van der Waals surface area contributed by atoms with Gasteiger partial charge in [-0.1, -0.05) is 37.3 Å². The number of fused-ring (bicyclic) bond motifs is 1. The van der Waals surface area contributed by atoms with Crippen LogP contribution in [0, 0.1) is 0 Å². The van der Waals surface area contributed by atoms with Gasteiger partial charge in [0, 0.05) is 35.4 Å². The molecule has 1 heterocycles. The molecule has 158 valence electrons. The van der Waals surface area contributed by atoms with Crippen molar-refractivity contribution in [2.75, 3.05) is 16.8 Å². The molecule has 1 aliphatic heterocycles. The van der Waals surface area contributed by atoms with Crippen LogP contribution in [0.25, 0.3) is 5.57 Å². The van der Waals surface area contributed by atoms with Crippen molar-refractivity contribution in [3.8, 4) is 0 Å². The first-order valence-electron chi connectivity index (χ1n) is 11.0. The summed E-state index contributed by atoms with van der Waals surface area (Å²) >= 11 is 0. The minimum atomic E-state index is 0.0399. The number of para-hydroxylation sites is 1. The van der Waals surface area contributed by atoms with Crippen LogP contribution in [-0.2, 0) is 0 Å². The molecular weight excluding hydrogens is 378 g/mol. The SMILES string of the molecule is CCCN1c2ccc(C=Nc3ccc(Nc4ccccc4)cc3)cc2C(C)=CC1(C)C. The van der Waals surface area contributed by atoms with Crippen LogP contribution in [0.15, 0.2) is 83.9 Å². The molecule has 31 heavy (non-hydrogen) atoms. The summed E-state index contributed by atoms with van der Waals surface area (Å²) in [4.78, 5) is 7.21. The predicted octanol–water partition coefficient (Wildman–Crippen LogP) is 7.59. The zero-order valence-corrected chi connectivity index (χ0v) is 18.9. The highest BCUT2D eigenvalue weighted by atomic mass is 15.2. The van der Waals surface area contributed by atoms with Gasteiger partial charge in [0.05, 0.1) is 11.2 Å². The van der Waals surface area contributed by atoms with Crippen LogP contribution >= 0.6 is 0 Å². The van der Waals surface area contributed by atoms with Gasteiger partial charge in [0.25, 0.3) is 0 Å². The van der Waals surface area contributed by atoms with Crippen molar-refractivity contribution >= 4 is 34.5 Å². The molecule has 0 bridgehead atoms. The Kier molecular flexibility index (Phi) is 5.94. The lowest BCUT2D eigenvalue weighted by Gasteiger charge is -2.43. The summed E-state index contributed by atoms with van der Waals surface area (Å²) in [5, 5.41) is 3.40. The number of anilines is 3. The third-order valence-electron chi connectivity index (χ3n) is 5.74. The minimum absolute atomic E-state index is 0.0399. The van der Waals surface area contributed by atoms with Crippen LogP contribution in [0.1, 0.15) is 45.2 Å². The van der Waals surface area contributed by atoms with E-state index >= 15 is 0 Å². The Labute approximate surface area is 186 Å². The van der Waals surface area contributed by atoms with Gasteiger partial charge in [-0.15, -0.1) is 0 Å². The van der Waals surface area contributed by atoms with Gasteiger partial charge >= 0.3 is 0 Å². The first kappa shape index (κ1) is 20.9. The van der Waals surface area contributed by atoms with E-state index < -0.39 is 0 Å². The Morgan fingerprint density at radius 1 is 0.935 bits per heavy atom. The zero-order valence-electron chi connectivity index (χ0n) is 18.9. The maximum atomic E-state index is 4.70. The summed E-state index contributed by atoms with van der Waals surface area (Å²) in [7, 11) is 0. The van der Waals surface area contributed by atoms with Gasteiger partial charge in [-0.05, 0) is 86.9 Å². The standard InChI is InChI=1S/C28H31N3/c1-5-17-31-27-16-11-22(18-26(27)21(2)19-28(31,3)4)20-29-23-12-14-25(15-13-23)30-24-9-7-6-8-10-24/h6-16,18-20,30H,5,17H2,1-4H3. The lowest BCUT2D eigenvalue weighted by Crippen LogP contribution is -2.45. The molecule has 0 aliphatic carbocycles. The van der Waals surface area contributed by atoms with Crippen LogP contribution in [0.2, 0.25) is 0 Å². The third kappa shape index (κ3) is 4.72. The number of benzene rings is 3. The van der Waals surface area contributed by atoms with Gasteiger partial charge in [0.15, 0.2) is 0 Å². The molecule has 4 rings (SSSR count). The number of aliphatic imine (C=N–C) groups is 1. The highest BCUT2D eigenvalue weighted by molar-refractivity contribution is 5.88. The molecule has 0 radical (unpaired) electrons. The van der Waals surface area contributed by atoms with Crippen molar-refractivity contribution in [1.82, 2.24) is 0 Å². The molecule has 0 unspecified atom stereocenters. The van der Waals surface area contributed by atoms with E-state index in [1.807, 2.05) is 36.5 Å². The second-order valence-corrected chi connectivity index (χ2v) is 8.71. The van der Waals surface area contributed by atoms with Gasteiger partial charge in [-0.2, -0.15) is 0 Å². The van der Waals surface area contributed by atoms with Gasteiger partial charge in [-0.25, -0.2) is 0 Å². The van der Waals surface area contributed by atoms with Crippen molar-refractivity contribution in [1.29, 1.82) is 0 Å². The minimum Gasteiger partial charge on any atom is -0.362 e. The van der Waals surface area contributed by atoms with Crippen molar-refractivity contribution in [2.45, 2.75) is 39.7 Å². The molecule has 0 atom stereocenters. The lowest BCUT2D eigenvalue weighted by molar-refractivity contribution is 0.550. The fourth-order valence-corrected chi connectivity index (χ4v) is 4.28. The molecule has 0 spiro atoms. The predicted molar refractivity (Wildman–Crippen MR) is 135 cm³/mol. The van der Waals surface area contributed by atoms with E-state index in [1.54, 1.807) is 0 Å². The van der Waals surface area contributed by atoms with E-state index in [-0.39, 0.29) is 5.54 Å². The van der Waals surface area contributed by atoms with Crippen LogP contribution in [0.3, 0.4) is 0 Å². The number of allylic oxidation sites excluding steroid dienone is 1. The van der Waals surface area contributed by atoms with E-state index in [4.69, 9.17) is 4.99 Å². The van der Waals surface area contributed by atoms with Crippen LogP contribution < -0.4 is 10.2 Å². The fourth-order valence-electron chi connectivity index (χ4n) is 4.28. The Morgan fingerprint density at radius 3 is 2.35 bits per heavy atom. The number of rotatable bonds is 6. The second-order valence-electron chi connectivity index (χ2n) is 8.71. The Hall–Kier alpha value is -3.33. The average molecular weight is 410 g/mol. The Balaban J connectivity index is 1.52. The third-order valence-corrected chi connectivity index (χ3v) is 5.74. The van der Waals surface area contributed by atoms with Crippen LogP contribution in [0.5, 0.6) is 0 Å². The van der Waals surface area contributed by atoms with E-state index in [2.05, 4.69) is 86.5 Å². The van der Waals surface area contributed by atoms with Crippen LogP contribution in [-0.4, -0.2) is 18.3 Å². The highest BCUT2D eigenvalue weighted by Gasteiger charge is 2.30. The number of nitrogens with one attached hydrogen (secondary N) is 1. The molecule has 3 aromatic rings. The molecule has 0 saturated heterocycles. The summed E-state index contributed by atoms with van der Waals surface area (Å²) in [5.74, 6) is 0. The number of hydrogen-bond donors (Lipinski definition) is 1. The van der Waals surface area contributed by atoms with Gasteiger partial charge < -0.3 is 10.2 Å². The van der Waals surface area contributed by atoms with E-state index in [9.17, 15) is 0 Å². The lowest BCUT2D eigenvalue weighted by atomic mass is 9.88. The first-order valence-corrected chi connectivity index (χ1v) is 11.0. The highest BCUT2D eigenvalue weighted by Crippen LogP contribution is 2.39. The van der Waals surface area contributed by atoms with Crippen molar-refractivity contribution in [3.63, 3.8) is 0 Å². The fraction of sp³-hybridized carbons (Fsp3) is 0.250. The molecule has 1 aliphatic rings. The average Bonchev–Trinajstić information content (AvgIpc) is 2.76.